The van der Waals surface area contributed by atoms with E-state index in [1.165, 1.54) is 41.3 Å². The Morgan fingerprint density at radius 2 is 1.35 bits per heavy atom. The number of nitrogens with one attached hydrogen (secondary N) is 2. The van der Waals surface area contributed by atoms with Gasteiger partial charge in [0.05, 0.1) is 12.0 Å². The fraction of sp³-hybridized carbons (Fsp3) is 0.135. The van der Waals surface area contributed by atoms with Crippen LogP contribution in [-0.2, 0) is 32.7 Å². The van der Waals surface area contributed by atoms with E-state index >= 15 is 0 Å². The van der Waals surface area contributed by atoms with Crippen molar-refractivity contribution in [2.45, 2.75) is 24.0 Å². The predicted octanol–water partition coefficient (Wildman–Crippen LogP) is 6.10. The molecular formula is C37H34FN3O6S. The number of sulfonamides is 1. The third kappa shape index (κ3) is 8.98. The molecular weight excluding hydrogens is 633 g/mol. The van der Waals surface area contributed by atoms with Crippen molar-refractivity contribution in [3.05, 3.63) is 156 Å². The molecule has 5 aromatic rings. The molecule has 1 atom stereocenters. The number of amides is 2. The van der Waals surface area contributed by atoms with E-state index in [2.05, 4.69) is 10.0 Å². The van der Waals surface area contributed by atoms with Gasteiger partial charge in [-0.1, -0.05) is 72.8 Å². The normalized spacial score (nSPS) is 11.6. The molecule has 0 radical (unpaired) electrons. The highest BCUT2D eigenvalue weighted by Gasteiger charge is 2.32. The van der Waals surface area contributed by atoms with E-state index in [0.717, 1.165) is 23.3 Å². The fourth-order valence-corrected chi connectivity index (χ4v) is 5.97. The van der Waals surface area contributed by atoms with Crippen LogP contribution >= 0.6 is 0 Å². The summed E-state index contributed by atoms with van der Waals surface area (Å²) in [6.07, 6.45) is 0. The lowest BCUT2D eigenvalue weighted by Gasteiger charge is -2.31. The topological polar surface area (TPSA) is 114 Å². The summed E-state index contributed by atoms with van der Waals surface area (Å²) < 4.78 is 52.3. The molecule has 0 aromatic heterocycles. The third-order valence-electron chi connectivity index (χ3n) is 7.41. The number of carbonyl (C=O) groups is 2. The first-order chi connectivity index (χ1) is 23.2. The molecule has 11 heteroatoms. The summed E-state index contributed by atoms with van der Waals surface area (Å²) in [7, 11) is -2.38. The number of anilines is 1. The standard InChI is InChI=1S/C37H34FN3O6S/c1-46-32-18-12-27(13-19-32)24-39-37(43)36(29-10-6-3-7-11-29)41(25-28-8-4-2-5-9-28)35(42)26-47-33-20-22-34(23-21-33)48(44,45)40-31-16-14-30(38)15-17-31/h2-23,36,40H,24-26H2,1H3,(H,39,43). The third-order valence-corrected chi connectivity index (χ3v) is 8.81. The van der Waals surface area contributed by atoms with Crippen LogP contribution in [0.4, 0.5) is 10.1 Å². The minimum atomic E-state index is -3.96. The molecule has 0 fully saturated rings. The number of rotatable bonds is 14. The molecule has 2 amide bonds. The van der Waals surface area contributed by atoms with Gasteiger partial charge in [0.1, 0.15) is 23.4 Å². The Morgan fingerprint density at radius 3 is 1.98 bits per heavy atom. The maximum atomic E-state index is 13.9. The first-order valence-corrected chi connectivity index (χ1v) is 16.5. The Kier molecular flexibility index (Phi) is 11.0. The number of halogens is 1. The number of ether oxygens (including phenoxy) is 2. The Bertz CT molecular complexity index is 1910. The zero-order valence-corrected chi connectivity index (χ0v) is 26.9. The molecule has 246 valence electrons. The molecule has 0 bridgehead atoms. The summed E-state index contributed by atoms with van der Waals surface area (Å²) in [4.78, 5) is 29.2. The summed E-state index contributed by atoms with van der Waals surface area (Å²) in [5.41, 5.74) is 2.51. The molecule has 0 aliphatic carbocycles. The van der Waals surface area contributed by atoms with Gasteiger partial charge >= 0.3 is 0 Å². The Labute approximate surface area is 279 Å². The maximum Gasteiger partial charge on any atom is 0.261 e. The van der Waals surface area contributed by atoms with Gasteiger partial charge in [-0.3, -0.25) is 14.3 Å². The summed E-state index contributed by atoms with van der Waals surface area (Å²) in [5, 5.41) is 2.97. The van der Waals surface area contributed by atoms with E-state index in [1.807, 2.05) is 60.7 Å². The van der Waals surface area contributed by atoms with Crippen LogP contribution in [-0.4, -0.2) is 38.8 Å². The smallest absolute Gasteiger partial charge is 0.261 e. The van der Waals surface area contributed by atoms with Crippen LogP contribution in [0.5, 0.6) is 11.5 Å². The van der Waals surface area contributed by atoms with E-state index in [-0.39, 0.29) is 35.3 Å². The Morgan fingerprint density at radius 1 is 0.750 bits per heavy atom. The minimum Gasteiger partial charge on any atom is -0.497 e. The van der Waals surface area contributed by atoms with E-state index in [9.17, 15) is 22.4 Å². The van der Waals surface area contributed by atoms with Crippen LogP contribution in [0, 0.1) is 5.82 Å². The summed E-state index contributed by atoms with van der Waals surface area (Å²) in [5.74, 6) is -0.360. The lowest BCUT2D eigenvalue weighted by atomic mass is 10.0. The second kappa shape index (κ2) is 15.7. The number of benzene rings is 5. The molecule has 9 nitrogen and oxygen atoms in total. The van der Waals surface area contributed by atoms with E-state index in [0.29, 0.717) is 11.3 Å². The summed E-state index contributed by atoms with van der Waals surface area (Å²) in [6, 6.07) is 35.2. The summed E-state index contributed by atoms with van der Waals surface area (Å²) >= 11 is 0. The minimum absolute atomic E-state index is 0.0473. The van der Waals surface area contributed by atoms with E-state index in [1.54, 1.807) is 31.4 Å². The highest BCUT2D eigenvalue weighted by molar-refractivity contribution is 7.92. The second-order valence-corrected chi connectivity index (χ2v) is 12.4. The zero-order chi connectivity index (χ0) is 33.9. The molecule has 5 aromatic carbocycles. The van der Waals surface area contributed by atoms with E-state index in [4.69, 9.17) is 9.47 Å². The van der Waals surface area contributed by atoms with Crippen LogP contribution in [0.2, 0.25) is 0 Å². The van der Waals surface area contributed by atoms with Crippen LogP contribution in [0.25, 0.3) is 0 Å². The molecule has 5 rings (SSSR count). The van der Waals surface area contributed by atoms with Gasteiger partial charge < -0.3 is 19.7 Å². The van der Waals surface area contributed by atoms with Gasteiger partial charge in [0.2, 0.25) is 5.91 Å². The Hall–Kier alpha value is -5.68. The Balaban J connectivity index is 1.33. The van der Waals surface area contributed by atoms with Crippen molar-refractivity contribution in [1.29, 1.82) is 0 Å². The molecule has 1 unspecified atom stereocenters. The monoisotopic (exact) mass is 667 g/mol. The number of nitrogens with zero attached hydrogens (tertiary/aromatic N) is 1. The molecule has 0 aliphatic heterocycles. The van der Waals surface area contributed by atoms with E-state index < -0.39 is 34.4 Å². The van der Waals surface area contributed by atoms with Crippen LogP contribution < -0.4 is 19.5 Å². The average Bonchev–Trinajstić information content (AvgIpc) is 3.11. The van der Waals surface area contributed by atoms with Crippen molar-refractivity contribution in [3.8, 4) is 11.5 Å². The van der Waals surface area contributed by atoms with Crippen molar-refractivity contribution in [3.63, 3.8) is 0 Å². The van der Waals surface area contributed by atoms with Crippen molar-refractivity contribution >= 4 is 27.5 Å². The zero-order valence-electron chi connectivity index (χ0n) is 26.1. The second-order valence-electron chi connectivity index (χ2n) is 10.8. The van der Waals surface area contributed by atoms with Crippen LogP contribution in [0.3, 0.4) is 0 Å². The van der Waals surface area contributed by atoms with Crippen LogP contribution in [0.1, 0.15) is 22.7 Å². The molecule has 0 saturated carbocycles. The van der Waals surface area contributed by atoms with Crippen molar-refractivity contribution in [1.82, 2.24) is 10.2 Å². The predicted molar refractivity (Wildman–Crippen MR) is 180 cm³/mol. The molecule has 0 heterocycles. The molecule has 0 aliphatic rings. The number of carbonyl (C=O) groups excluding carboxylic acids is 2. The molecule has 0 saturated heterocycles. The fourth-order valence-electron chi connectivity index (χ4n) is 4.92. The largest absolute Gasteiger partial charge is 0.497 e. The molecule has 2 N–H and O–H groups in total. The highest BCUT2D eigenvalue weighted by Crippen LogP contribution is 2.25. The molecule has 0 spiro atoms. The summed E-state index contributed by atoms with van der Waals surface area (Å²) in [6.45, 7) is -0.0477. The van der Waals surface area contributed by atoms with Crippen LogP contribution in [0.15, 0.2) is 138 Å². The van der Waals surface area contributed by atoms with Gasteiger partial charge in [-0.05, 0) is 77.4 Å². The van der Waals surface area contributed by atoms with Gasteiger partial charge in [-0.15, -0.1) is 0 Å². The SMILES string of the molecule is COc1ccc(CNC(=O)C(c2ccccc2)N(Cc2ccccc2)C(=O)COc2ccc(S(=O)(=O)Nc3ccc(F)cc3)cc2)cc1. The van der Waals surface area contributed by atoms with Gasteiger partial charge in [0, 0.05) is 18.8 Å². The average molecular weight is 668 g/mol. The first kappa shape index (κ1) is 33.7. The quantitative estimate of drug-likeness (QED) is 0.148. The van der Waals surface area contributed by atoms with Crippen molar-refractivity contribution in [2.75, 3.05) is 18.4 Å². The van der Waals surface area contributed by atoms with Gasteiger partial charge in [0.25, 0.3) is 15.9 Å². The van der Waals surface area contributed by atoms with Crippen molar-refractivity contribution < 1.29 is 31.9 Å². The first-order valence-electron chi connectivity index (χ1n) is 15.0. The number of hydrogen-bond acceptors (Lipinski definition) is 6. The number of hydrogen-bond donors (Lipinski definition) is 2. The van der Waals surface area contributed by atoms with Gasteiger partial charge in [-0.2, -0.15) is 0 Å². The highest BCUT2D eigenvalue weighted by atomic mass is 32.2. The number of methoxy groups -OCH3 is 1. The lowest BCUT2D eigenvalue weighted by Crippen LogP contribution is -2.45. The van der Waals surface area contributed by atoms with Crippen molar-refractivity contribution in [2.24, 2.45) is 0 Å². The van der Waals surface area contributed by atoms with Gasteiger partial charge in [0.15, 0.2) is 6.61 Å². The van der Waals surface area contributed by atoms with Gasteiger partial charge in [-0.25, -0.2) is 12.8 Å². The lowest BCUT2D eigenvalue weighted by molar-refractivity contribution is -0.143. The molecule has 48 heavy (non-hydrogen) atoms. The maximum absolute atomic E-state index is 13.9.